The minimum absolute atomic E-state index is 0.465. The summed E-state index contributed by atoms with van der Waals surface area (Å²) in [7, 11) is 0. The molecule has 5 nitrogen and oxygen atoms in total. The zero-order valence-corrected chi connectivity index (χ0v) is 12.1. The van der Waals surface area contributed by atoms with Crippen molar-refractivity contribution in [3.63, 3.8) is 0 Å². The van der Waals surface area contributed by atoms with Gasteiger partial charge in [-0.1, -0.05) is 19.3 Å². The Labute approximate surface area is 112 Å². The van der Waals surface area contributed by atoms with Crippen LogP contribution in [-0.4, -0.2) is 21.8 Å². The molecule has 2 amide bonds. The van der Waals surface area contributed by atoms with Crippen molar-refractivity contribution in [2.45, 2.75) is 63.3 Å². The summed E-state index contributed by atoms with van der Waals surface area (Å²) in [5.74, 6) is 0. The molecule has 0 aliphatic heterocycles. The number of rotatable bonds is 2. The molecule has 0 aromatic rings. The van der Waals surface area contributed by atoms with Crippen molar-refractivity contribution in [3.05, 3.63) is 0 Å². The van der Waals surface area contributed by atoms with Crippen LogP contribution in [0.25, 0.3) is 0 Å². The summed E-state index contributed by atoms with van der Waals surface area (Å²) in [5.41, 5.74) is 4.70. The van der Waals surface area contributed by atoms with Gasteiger partial charge in [-0.2, -0.15) is 0 Å². The molecule has 0 saturated heterocycles. The maximum absolute atomic E-state index is 11.8. The van der Waals surface area contributed by atoms with E-state index < -0.39 is 21.8 Å². The number of carbonyl (C=O) groups excluding carboxylic acids is 2. The van der Waals surface area contributed by atoms with Crippen LogP contribution in [-0.2, 0) is 4.74 Å². The fourth-order valence-corrected chi connectivity index (χ4v) is 3.07. The van der Waals surface area contributed by atoms with E-state index in [4.69, 9.17) is 10.5 Å². The molecule has 0 bridgehead atoms. The van der Waals surface area contributed by atoms with Crippen LogP contribution in [0, 0.1) is 0 Å². The van der Waals surface area contributed by atoms with Crippen molar-refractivity contribution in [1.82, 2.24) is 5.32 Å². The molecule has 0 spiro atoms. The Morgan fingerprint density at radius 3 is 2.22 bits per heavy atom. The smallest absolute Gasteiger partial charge is 0.408 e. The zero-order chi connectivity index (χ0) is 13.8. The van der Waals surface area contributed by atoms with Gasteiger partial charge in [0.05, 0.1) is 4.87 Å². The van der Waals surface area contributed by atoms with E-state index in [1.165, 1.54) is 0 Å². The van der Waals surface area contributed by atoms with Gasteiger partial charge in [0.1, 0.15) is 5.60 Å². The number of primary amides is 1. The van der Waals surface area contributed by atoms with Crippen LogP contribution in [0.15, 0.2) is 0 Å². The van der Waals surface area contributed by atoms with Crippen LogP contribution in [0.3, 0.4) is 0 Å². The Balaban J connectivity index is 2.66. The van der Waals surface area contributed by atoms with Gasteiger partial charge in [0.25, 0.3) is 5.24 Å². The Morgan fingerprint density at radius 2 is 1.78 bits per heavy atom. The fourth-order valence-electron chi connectivity index (χ4n) is 2.06. The maximum atomic E-state index is 11.8. The Hall–Kier alpha value is -0.910. The highest BCUT2D eigenvalue weighted by atomic mass is 32.2. The van der Waals surface area contributed by atoms with Crippen molar-refractivity contribution in [1.29, 1.82) is 0 Å². The monoisotopic (exact) mass is 274 g/mol. The number of nitrogens with one attached hydrogen (secondary N) is 1. The first kappa shape index (κ1) is 15.1. The third kappa shape index (κ3) is 5.16. The second kappa shape index (κ2) is 5.82. The van der Waals surface area contributed by atoms with E-state index >= 15 is 0 Å². The lowest BCUT2D eigenvalue weighted by Gasteiger charge is -2.36. The molecule has 1 rings (SSSR count). The first-order valence-electron chi connectivity index (χ1n) is 6.22. The number of amides is 2. The van der Waals surface area contributed by atoms with Gasteiger partial charge < -0.3 is 15.8 Å². The predicted molar refractivity (Wildman–Crippen MR) is 72.4 cm³/mol. The highest BCUT2D eigenvalue weighted by molar-refractivity contribution is 8.14. The molecule has 3 N–H and O–H groups in total. The SMILES string of the molecule is CC(C)(C)OC(=O)NC1(SC(N)=O)CCCCC1. The lowest BCUT2D eigenvalue weighted by Crippen LogP contribution is -2.49. The van der Waals surface area contributed by atoms with Gasteiger partial charge in [0.15, 0.2) is 0 Å². The number of alkyl carbamates (subject to hydrolysis) is 1. The minimum Gasteiger partial charge on any atom is -0.444 e. The molecule has 1 aliphatic rings. The molecule has 1 aliphatic carbocycles. The molecular formula is C12H22N2O3S. The topological polar surface area (TPSA) is 81.4 Å². The van der Waals surface area contributed by atoms with E-state index in [0.717, 1.165) is 43.9 Å². The lowest BCUT2D eigenvalue weighted by molar-refractivity contribution is 0.0480. The summed E-state index contributed by atoms with van der Waals surface area (Å²) in [6, 6.07) is 0. The first-order valence-corrected chi connectivity index (χ1v) is 7.04. The average molecular weight is 274 g/mol. The number of ether oxygens (including phenoxy) is 1. The first-order chi connectivity index (χ1) is 8.22. The number of hydrogen-bond donors (Lipinski definition) is 2. The molecule has 0 heterocycles. The lowest BCUT2D eigenvalue weighted by atomic mass is 9.95. The van der Waals surface area contributed by atoms with Gasteiger partial charge >= 0.3 is 6.09 Å². The fraction of sp³-hybridized carbons (Fsp3) is 0.833. The molecule has 0 unspecified atom stereocenters. The van der Waals surface area contributed by atoms with Gasteiger partial charge in [-0.05, 0) is 45.4 Å². The molecule has 104 valence electrons. The summed E-state index contributed by atoms with van der Waals surface area (Å²) in [4.78, 5) is 22.4. The molecule has 18 heavy (non-hydrogen) atoms. The number of thioether (sulfide) groups is 1. The second-order valence-electron chi connectivity index (χ2n) is 5.60. The van der Waals surface area contributed by atoms with Gasteiger partial charge in [-0.15, -0.1) is 0 Å². The third-order valence-corrected chi connectivity index (χ3v) is 3.79. The molecule has 6 heteroatoms. The van der Waals surface area contributed by atoms with Gasteiger partial charge in [-0.3, -0.25) is 4.79 Å². The van der Waals surface area contributed by atoms with Crippen molar-refractivity contribution in [2.75, 3.05) is 0 Å². The Bertz CT molecular complexity index is 320. The second-order valence-corrected chi connectivity index (χ2v) is 6.99. The van der Waals surface area contributed by atoms with E-state index in [-0.39, 0.29) is 0 Å². The van der Waals surface area contributed by atoms with E-state index in [9.17, 15) is 9.59 Å². The standard InChI is InChI=1S/C12H22N2O3S/c1-11(2,3)17-10(16)14-12(18-9(13)15)7-5-4-6-8-12/h4-8H2,1-3H3,(H2,13,15)(H,14,16). The zero-order valence-electron chi connectivity index (χ0n) is 11.2. The summed E-state index contributed by atoms with van der Waals surface area (Å²) in [5, 5.41) is 2.36. The molecule has 1 fully saturated rings. The summed E-state index contributed by atoms with van der Waals surface area (Å²) < 4.78 is 5.23. The van der Waals surface area contributed by atoms with Crippen LogP contribution < -0.4 is 11.1 Å². The number of carbonyl (C=O) groups is 2. The number of hydrogen-bond acceptors (Lipinski definition) is 4. The Kier molecular flexibility index (Phi) is 4.90. The quantitative estimate of drug-likeness (QED) is 0.758. The van der Waals surface area contributed by atoms with Crippen molar-refractivity contribution >= 4 is 23.1 Å². The van der Waals surface area contributed by atoms with Crippen LogP contribution >= 0.6 is 11.8 Å². The molecule has 0 radical (unpaired) electrons. The molecule has 0 aromatic carbocycles. The van der Waals surface area contributed by atoms with Crippen LogP contribution in [0.2, 0.25) is 0 Å². The summed E-state index contributed by atoms with van der Waals surface area (Å²) in [6.07, 6.45) is 4.10. The normalized spacial score (nSPS) is 19.1. The molecule has 0 atom stereocenters. The van der Waals surface area contributed by atoms with Crippen molar-refractivity contribution in [3.8, 4) is 0 Å². The highest BCUT2D eigenvalue weighted by Crippen LogP contribution is 2.37. The van der Waals surface area contributed by atoms with Crippen LogP contribution in [0.1, 0.15) is 52.9 Å². The van der Waals surface area contributed by atoms with Crippen LogP contribution in [0.4, 0.5) is 9.59 Å². The summed E-state index contributed by atoms with van der Waals surface area (Å²) >= 11 is 1.00. The van der Waals surface area contributed by atoms with E-state index in [1.807, 2.05) is 0 Å². The van der Waals surface area contributed by atoms with Crippen molar-refractivity contribution in [2.24, 2.45) is 5.73 Å². The van der Waals surface area contributed by atoms with E-state index in [2.05, 4.69) is 5.32 Å². The summed E-state index contributed by atoms with van der Waals surface area (Å²) in [6.45, 7) is 5.42. The largest absolute Gasteiger partial charge is 0.444 e. The van der Waals surface area contributed by atoms with Crippen LogP contribution in [0.5, 0.6) is 0 Å². The molecule has 0 aromatic heterocycles. The van der Waals surface area contributed by atoms with E-state index in [0.29, 0.717) is 0 Å². The van der Waals surface area contributed by atoms with Gasteiger partial charge in [0, 0.05) is 0 Å². The third-order valence-electron chi connectivity index (χ3n) is 2.69. The average Bonchev–Trinajstić information content (AvgIpc) is 2.13. The minimum atomic E-state index is -0.591. The predicted octanol–water partition coefficient (Wildman–Crippen LogP) is 2.98. The molecule has 1 saturated carbocycles. The molecular weight excluding hydrogens is 252 g/mol. The van der Waals surface area contributed by atoms with E-state index in [1.54, 1.807) is 20.8 Å². The maximum Gasteiger partial charge on any atom is 0.408 e. The van der Waals surface area contributed by atoms with Gasteiger partial charge in [-0.25, -0.2) is 4.79 Å². The number of nitrogens with two attached hydrogens (primary N) is 1. The Morgan fingerprint density at radius 1 is 1.22 bits per heavy atom. The van der Waals surface area contributed by atoms with Crippen molar-refractivity contribution < 1.29 is 14.3 Å². The highest BCUT2D eigenvalue weighted by Gasteiger charge is 2.37. The van der Waals surface area contributed by atoms with Gasteiger partial charge in [0.2, 0.25) is 0 Å².